The molecule has 0 fully saturated rings. The Morgan fingerprint density at radius 3 is 2.62 bits per heavy atom. The van der Waals surface area contributed by atoms with Gasteiger partial charge in [0.1, 0.15) is 0 Å². The summed E-state index contributed by atoms with van der Waals surface area (Å²) in [4.78, 5) is 11.7. The van der Waals surface area contributed by atoms with Crippen molar-refractivity contribution in [1.82, 2.24) is 5.32 Å². The molecular formula is C16H23ClN2OS. The first-order valence-electron chi connectivity index (χ1n) is 7.40. The predicted octanol–water partition coefficient (Wildman–Crippen LogP) is 4.82. The van der Waals surface area contributed by atoms with Gasteiger partial charge in [-0.2, -0.15) is 0 Å². The van der Waals surface area contributed by atoms with Crippen molar-refractivity contribution < 1.29 is 4.79 Å². The molecule has 5 heteroatoms. The molecule has 21 heavy (non-hydrogen) atoms. The lowest BCUT2D eigenvalue weighted by molar-refractivity contribution is -0.119. The fraction of sp³-hybridized carbons (Fsp3) is 0.500. The fourth-order valence-corrected chi connectivity index (χ4v) is 2.32. The van der Waals surface area contributed by atoms with E-state index in [1.807, 2.05) is 19.1 Å². The molecule has 0 heterocycles. The average Bonchev–Trinajstić information content (AvgIpc) is 2.42. The number of thiocarbonyl (C=S) groups is 1. The van der Waals surface area contributed by atoms with E-state index in [-0.39, 0.29) is 5.91 Å². The third kappa shape index (κ3) is 7.44. The largest absolute Gasteiger partial charge is 0.332 e. The second-order valence-electron chi connectivity index (χ2n) is 5.13. The average molecular weight is 327 g/mol. The first-order valence-corrected chi connectivity index (χ1v) is 8.18. The number of hydrogen-bond acceptors (Lipinski definition) is 2. The van der Waals surface area contributed by atoms with Crippen LogP contribution in [0.5, 0.6) is 0 Å². The lowest BCUT2D eigenvalue weighted by atomic mass is 10.1. The molecule has 0 atom stereocenters. The zero-order chi connectivity index (χ0) is 15.7. The summed E-state index contributed by atoms with van der Waals surface area (Å²) in [5, 5.41) is 6.64. The molecule has 1 amide bonds. The molecule has 0 unspecified atom stereocenters. The predicted molar refractivity (Wildman–Crippen MR) is 93.9 cm³/mol. The minimum Gasteiger partial charge on any atom is -0.332 e. The van der Waals surface area contributed by atoms with Crippen LogP contribution in [-0.2, 0) is 4.79 Å². The van der Waals surface area contributed by atoms with Crippen LogP contribution in [0, 0.1) is 6.92 Å². The summed E-state index contributed by atoms with van der Waals surface area (Å²) in [7, 11) is 0. The van der Waals surface area contributed by atoms with Crippen molar-refractivity contribution in [2.45, 2.75) is 52.4 Å². The summed E-state index contributed by atoms with van der Waals surface area (Å²) in [5.74, 6) is -0.0396. The van der Waals surface area contributed by atoms with Crippen LogP contribution in [-0.4, -0.2) is 11.0 Å². The Balaban J connectivity index is 2.29. The summed E-state index contributed by atoms with van der Waals surface area (Å²) >= 11 is 11.2. The number of halogens is 1. The number of unbranched alkanes of at least 4 members (excludes halogenated alkanes) is 4. The molecule has 3 nitrogen and oxygen atoms in total. The van der Waals surface area contributed by atoms with Crippen LogP contribution in [0.15, 0.2) is 18.2 Å². The Labute approximate surface area is 137 Å². The van der Waals surface area contributed by atoms with Gasteiger partial charge in [0.2, 0.25) is 5.91 Å². The van der Waals surface area contributed by atoms with Crippen molar-refractivity contribution in [3.63, 3.8) is 0 Å². The standard InChI is InChI=1S/C16H23ClN2OS/c1-3-4-5-6-7-8-15(20)19-16(21)18-13-10-9-12(2)14(17)11-13/h9-11H,3-8H2,1-2H3,(H2,18,19,20,21). The molecule has 0 aliphatic rings. The second kappa shape index (κ2) is 9.74. The number of hydrogen-bond donors (Lipinski definition) is 2. The van der Waals surface area contributed by atoms with Crippen molar-refractivity contribution in [1.29, 1.82) is 0 Å². The number of rotatable bonds is 7. The molecule has 0 saturated carbocycles. The SMILES string of the molecule is CCCCCCCC(=O)NC(=S)Nc1ccc(C)c(Cl)c1. The van der Waals surface area contributed by atoms with Gasteiger partial charge in [-0.3, -0.25) is 4.79 Å². The van der Waals surface area contributed by atoms with Crippen molar-refractivity contribution in [2.75, 3.05) is 5.32 Å². The summed E-state index contributed by atoms with van der Waals surface area (Å²) in [6, 6.07) is 5.58. The minimum absolute atomic E-state index is 0.0396. The van der Waals surface area contributed by atoms with Crippen molar-refractivity contribution in [2.24, 2.45) is 0 Å². The van der Waals surface area contributed by atoms with E-state index in [9.17, 15) is 4.79 Å². The van der Waals surface area contributed by atoms with Crippen LogP contribution in [0.25, 0.3) is 0 Å². The van der Waals surface area contributed by atoms with Gasteiger partial charge < -0.3 is 10.6 Å². The van der Waals surface area contributed by atoms with Crippen molar-refractivity contribution in [3.05, 3.63) is 28.8 Å². The molecule has 1 aromatic carbocycles. The molecule has 2 N–H and O–H groups in total. The molecule has 1 aromatic rings. The molecule has 0 bridgehead atoms. The first kappa shape index (κ1) is 17.9. The highest BCUT2D eigenvalue weighted by Gasteiger charge is 2.05. The quantitative estimate of drug-likeness (QED) is 0.557. The molecule has 116 valence electrons. The van der Waals surface area contributed by atoms with Crippen LogP contribution >= 0.6 is 23.8 Å². The Morgan fingerprint density at radius 1 is 1.24 bits per heavy atom. The number of nitrogens with one attached hydrogen (secondary N) is 2. The van der Waals surface area contributed by atoms with Gasteiger partial charge in [-0.05, 0) is 43.3 Å². The minimum atomic E-state index is -0.0396. The highest BCUT2D eigenvalue weighted by atomic mass is 35.5. The third-order valence-corrected chi connectivity index (χ3v) is 3.80. The first-order chi connectivity index (χ1) is 10.0. The smallest absolute Gasteiger partial charge is 0.226 e. The number of benzene rings is 1. The van der Waals surface area contributed by atoms with E-state index in [2.05, 4.69) is 17.6 Å². The molecule has 0 radical (unpaired) electrons. The van der Waals surface area contributed by atoms with E-state index in [1.54, 1.807) is 6.07 Å². The summed E-state index contributed by atoms with van der Waals surface area (Å²) < 4.78 is 0. The zero-order valence-electron chi connectivity index (χ0n) is 12.7. The van der Waals surface area contributed by atoms with Gasteiger partial charge >= 0.3 is 0 Å². The van der Waals surface area contributed by atoms with Gasteiger partial charge in [-0.25, -0.2) is 0 Å². The molecule has 0 aliphatic carbocycles. The van der Waals surface area contributed by atoms with Gasteiger partial charge in [0.05, 0.1) is 0 Å². The van der Waals surface area contributed by atoms with Crippen molar-refractivity contribution in [3.8, 4) is 0 Å². The van der Waals surface area contributed by atoms with Crippen LogP contribution in [0.1, 0.15) is 51.0 Å². The van der Waals surface area contributed by atoms with Gasteiger partial charge in [-0.15, -0.1) is 0 Å². The topological polar surface area (TPSA) is 41.1 Å². The fourth-order valence-electron chi connectivity index (χ4n) is 1.91. The zero-order valence-corrected chi connectivity index (χ0v) is 14.2. The van der Waals surface area contributed by atoms with Gasteiger partial charge in [0, 0.05) is 17.1 Å². The number of carbonyl (C=O) groups is 1. The summed E-state index contributed by atoms with van der Waals surface area (Å²) in [5.41, 5.74) is 1.78. The van der Waals surface area contributed by atoms with E-state index in [1.165, 1.54) is 19.3 Å². The Kier molecular flexibility index (Phi) is 8.31. The maximum atomic E-state index is 11.7. The molecule has 0 saturated heterocycles. The highest BCUT2D eigenvalue weighted by molar-refractivity contribution is 7.80. The van der Waals surface area contributed by atoms with Gasteiger partial charge in [0.15, 0.2) is 5.11 Å². The molecule has 0 aromatic heterocycles. The Bertz CT molecular complexity index is 491. The van der Waals surface area contributed by atoms with E-state index < -0.39 is 0 Å². The molecule has 0 aliphatic heterocycles. The summed E-state index contributed by atoms with van der Waals surface area (Å²) in [6.45, 7) is 4.11. The van der Waals surface area contributed by atoms with E-state index in [0.29, 0.717) is 16.6 Å². The Morgan fingerprint density at radius 2 is 1.95 bits per heavy atom. The molecular weight excluding hydrogens is 304 g/mol. The third-order valence-electron chi connectivity index (χ3n) is 3.19. The molecule has 1 rings (SSSR count). The number of carbonyl (C=O) groups excluding carboxylic acids is 1. The maximum Gasteiger partial charge on any atom is 0.226 e. The normalized spacial score (nSPS) is 10.2. The number of aryl methyl sites for hydroxylation is 1. The van der Waals surface area contributed by atoms with E-state index in [4.69, 9.17) is 23.8 Å². The maximum absolute atomic E-state index is 11.7. The highest BCUT2D eigenvalue weighted by Crippen LogP contribution is 2.19. The second-order valence-corrected chi connectivity index (χ2v) is 5.95. The van der Waals surface area contributed by atoms with Gasteiger partial charge in [-0.1, -0.05) is 50.3 Å². The molecule has 0 spiro atoms. The van der Waals surface area contributed by atoms with Crippen LogP contribution in [0.4, 0.5) is 5.69 Å². The monoisotopic (exact) mass is 326 g/mol. The van der Waals surface area contributed by atoms with Gasteiger partial charge in [0.25, 0.3) is 0 Å². The number of amides is 1. The number of anilines is 1. The van der Waals surface area contributed by atoms with Crippen LogP contribution < -0.4 is 10.6 Å². The van der Waals surface area contributed by atoms with Crippen LogP contribution in [0.2, 0.25) is 5.02 Å². The lowest BCUT2D eigenvalue weighted by Gasteiger charge is -2.10. The summed E-state index contributed by atoms with van der Waals surface area (Å²) in [6.07, 6.45) is 6.14. The van der Waals surface area contributed by atoms with Crippen molar-refractivity contribution >= 4 is 40.5 Å². The lowest BCUT2D eigenvalue weighted by Crippen LogP contribution is -2.33. The van der Waals surface area contributed by atoms with E-state index in [0.717, 1.165) is 24.1 Å². The Hall–Kier alpha value is -1.13. The van der Waals surface area contributed by atoms with Crippen LogP contribution in [0.3, 0.4) is 0 Å². The van der Waals surface area contributed by atoms with E-state index >= 15 is 0 Å².